The average Bonchev–Trinajstić information content (AvgIpc) is 2.71. The lowest BCUT2D eigenvalue weighted by molar-refractivity contribution is -0.115. The van der Waals surface area contributed by atoms with Crippen molar-refractivity contribution in [1.82, 2.24) is 9.97 Å². The van der Waals surface area contributed by atoms with Gasteiger partial charge in [0.1, 0.15) is 11.6 Å². The van der Waals surface area contributed by atoms with E-state index in [4.69, 9.17) is 23.2 Å². The molecule has 6 nitrogen and oxygen atoms in total. The summed E-state index contributed by atoms with van der Waals surface area (Å²) in [5, 5.41) is 12.9. The molecule has 30 heavy (non-hydrogen) atoms. The molecule has 0 aliphatic rings. The van der Waals surface area contributed by atoms with Gasteiger partial charge < -0.3 is 10.3 Å². The number of carbonyl (C=O) groups is 1. The fourth-order valence-corrected chi connectivity index (χ4v) is 3.71. The summed E-state index contributed by atoms with van der Waals surface area (Å²) < 4.78 is 0. The molecule has 0 fully saturated rings. The van der Waals surface area contributed by atoms with Crippen molar-refractivity contribution in [1.29, 1.82) is 5.26 Å². The topological polar surface area (TPSA) is 98.6 Å². The Hall–Kier alpha value is -2.79. The fraction of sp³-hybridized carbons (Fsp3) is 0.143. The number of anilines is 1. The summed E-state index contributed by atoms with van der Waals surface area (Å²) in [7, 11) is 0. The minimum absolute atomic E-state index is 0.103. The van der Waals surface area contributed by atoms with Gasteiger partial charge in [-0.1, -0.05) is 53.2 Å². The molecule has 0 aliphatic carbocycles. The highest BCUT2D eigenvalue weighted by atomic mass is 35.5. The third-order valence-corrected chi connectivity index (χ3v) is 5.71. The second kappa shape index (κ2) is 9.35. The molecule has 152 valence electrons. The van der Waals surface area contributed by atoms with Crippen LogP contribution in [-0.4, -0.2) is 21.1 Å². The van der Waals surface area contributed by atoms with E-state index in [1.165, 1.54) is 0 Å². The van der Waals surface area contributed by atoms with Crippen LogP contribution in [0.5, 0.6) is 0 Å². The van der Waals surface area contributed by atoms with E-state index in [-0.39, 0.29) is 22.3 Å². The van der Waals surface area contributed by atoms with Crippen LogP contribution in [0.25, 0.3) is 11.3 Å². The molecule has 3 aromatic rings. The molecule has 1 atom stereocenters. The number of amides is 1. The quantitative estimate of drug-likeness (QED) is 0.411. The van der Waals surface area contributed by atoms with E-state index in [2.05, 4.69) is 15.3 Å². The Labute approximate surface area is 187 Å². The molecule has 9 heteroatoms. The lowest BCUT2D eigenvalue weighted by Crippen LogP contribution is -2.24. The zero-order valence-corrected chi connectivity index (χ0v) is 18.3. The highest BCUT2D eigenvalue weighted by molar-refractivity contribution is 8.00. The zero-order valence-electron chi connectivity index (χ0n) is 16.0. The van der Waals surface area contributed by atoms with E-state index in [1.54, 1.807) is 43.3 Å². The van der Waals surface area contributed by atoms with E-state index >= 15 is 0 Å². The van der Waals surface area contributed by atoms with Crippen LogP contribution in [0.15, 0.2) is 52.4 Å². The van der Waals surface area contributed by atoms with E-state index in [9.17, 15) is 14.9 Å². The van der Waals surface area contributed by atoms with Gasteiger partial charge in [-0.2, -0.15) is 5.26 Å². The van der Waals surface area contributed by atoms with Crippen LogP contribution in [0.2, 0.25) is 10.0 Å². The molecule has 0 bridgehead atoms. The summed E-state index contributed by atoms with van der Waals surface area (Å²) in [6, 6.07) is 13.8. The smallest absolute Gasteiger partial charge is 0.270 e. The minimum Gasteiger partial charge on any atom is -0.325 e. The summed E-state index contributed by atoms with van der Waals surface area (Å²) >= 11 is 13.0. The highest BCUT2D eigenvalue weighted by Crippen LogP contribution is 2.27. The Balaban J connectivity index is 1.86. The Bertz CT molecular complexity index is 1200. The van der Waals surface area contributed by atoms with Gasteiger partial charge >= 0.3 is 0 Å². The predicted octanol–water partition coefficient (Wildman–Crippen LogP) is 5.04. The van der Waals surface area contributed by atoms with Crippen LogP contribution in [0.4, 0.5) is 5.69 Å². The SMILES string of the molecule is Cc1ccc(Cl)cc1NC(=O)C(C)Sc1nc(-c2ccc(Cl)cc2)c(C#N)c(=O)[nH]1. The van der Waals surface area contributed by atoms with Crippen molar-refractivity contribution in [2.24, 2.45) is 0 Å². The predicted molar refractivity (Wildman–Crippen MR) is 120 cm³/mol. The number of hydrogen-bond acceptors (Lipinski definition) is 5. The number of nitrogens with zero attached hydrogens (tertiary/aromatic N) is 2. The molecule has 0 saturated carbocycles. The zero-order chi connectivity index (χ0) is 21.8. The largest absolute Gasteiger partial charge is 0.325 e. The van der Waals surface area contributed by atoms with E-state index in [1.807, 2.05) is 19.1 Å². The van der Waals surface area contributed by atoms with Crippen molar-refractivity contribution in [2.75, 3.05) is 5.32 Å². The summed E-state index contributed by atoms with van der Waals surface area (Å²) in [6.45, 7) is 3.56. The maximum Gasteiger partial charge on any atom is 0.270 e. The van der Waals surface area contributed by atoms with Crippen LogP contribution < -0.4 is 10.9 Å². The first-order valence-electron chi connectivity index (χ1n) is 8.82. The van der Waals surface area contributed by atoms with Crippen molar-refractivity contribution in [3.8, 4) is 17.3 Å². The van der Waals surface area contributed by atoms with Crippen LogP contribution in [0.3, 0.4) is 0 Å². The van der Waals surface area contributed by atoms with Crippen molar-refractivity contribution >= 4 is 46.6 Å². The molecule has 1 aromatic heterocycles. The Morgan fingerprint density at radius 3 is 2.53 bits per heavy atom. The van der Waals surface area contributed by atoms with Crippen molar-refractivity contribution in [3.05, 3.63) is 74.0 Å². The number of halogens is 2. The lowest BCUT2D eigenvalue weighted by atomic mass is 10.1. The molecule has 1 heterocycles. The molecule has 1 unspecified atom stereocenters. The maximum absolute atomic E-state index is 12.6. The van der Waals surface area contributed by atoms with Crippen LogP contribution in [-0.2, 0) is 4.79 Å². The van der Waals surface area contributed by atoms with Crippen molar-refractivity contribution in [2.45, 2.75) is 24.3 Å². The van der Waals surface area contributed by atoms with Gasteiger partial charge in [-0.15, -0.1) is 0 Å². The number of aryl methyl sites for hydroxylation is 1. The molecule has 0 saturated heterocycles. The number of nitrogens with one attached hydrogen (secondary N) is 2. The van der Waals surface area contributed by atoms with Crippen molar-refractivity contribution in [3.63, 3.8) is 0 Å². The van der Waals surface area contributed by atoms with E-state index < -0.39 is 10.8 Å². The average molecular weight is 459 g/mol. The second-order valence-corrected chi connectivity index (χ2v) is 8.62. The first-order valence-corrected chi connectivity index (χ1v) is 10.5. The number of aromatic amines is 1. The number of carbonyl (C=O) groups excluding carboxylic acids is 1. The van der Waals surface area contributed by atoms with Gasteiger partial charge in [-0.05, 0) is 43.7 Å². The van der Waals surface area contributed by atoms with Gasteiger partial charge in [-0.3, -0.25) is 9.59 Å². The third-order valence-electron chi connectivity index (χ3n) is 4.24. The Morgan fingerprint density at radius 2 is 1.87 bits per heavy atom. The second-order valence-electron chi connectivity index (χ2n) is 6.42. The number of hydrogen-bond donors (Lipinski definition) is 2. The van der Waals surface area contributed by atoms with Gasteiger partial charge in [0.2, 0.25) is 5.91 Å². The maximum atomic E-state index is 12.6. The van der Waals surface area contributed by atoms with E-state index in [0.717, 1.165) is 17.3 Å². The number of benzene rings is 2. The minimum atomic E-state index is -0.572. The summed E-state index contributed by atoms with van der Waals surface area (Å²) in [5.41, 5.74) is 1.63. The summed E-state index contributed by atoms with van der Waals surface area (Å²) in [6.07, 6.45) is 0. The van der Waals surface area contributed by atoms with Crippen molar-refractivity contribution < 1.29 is 4.79 Å². The highest BCUT2D eigenvalue weighted by Gasteiger charge is 2.20. The first kappa shape index (κ1) is 21.9. The number of aromatic nitrogens is 2. The molecule has 2 aromatic carbocycles. The van der Waals surface area contributed by atoms with Gasteiger partial charge in [0.25, 0.3) is 5.56 Å². The summed E-state index contributed by atoms with van der Waals surface area (Å²) in [5.74, 6) is -0.273. The Morgan fingerprint density at radius 1 is 1.20 bits per heavy atom. The normalized spacial score (nSPS) is 11.6. The molecule has 2 N–H and O–H groups in total. The van der Waals surface area contributed by atoms with Crippen LogP contribution >= 0.6 is 35.0 Å². The first-order chi connectivity index (χ1) is 14.3. The Kier molecular flexibility index (Phi) is 6.83. The standard InChI is InChI=1S/C21H16Cl2N4O2S/c1-11-3-6-15(23)9-17(11)25-19(28)12(2)30-21-26-18(16(10-24)20(29)27-21)13-4-7-14(22)8-5-13/h3-9,12H,1-2H3,(H,25,28)(H,26,27,29). The fourth-order valence-electron chi connectivity index (χ4n) is 2.61. The number of rotatable bonds is 5. The van der Waals surface area contributed by atoms with Gasteiger partial charge in [0.15, 0.2) is 5.16 Å². The van der Waals surface area contributed by atoms with E-state index in [0.29, 0.717) is 21.3 Å². The van der Waals surface area contributed by atoms with Gasteiger partial charge in [0, 0.05) is 21.3 Å². The molecular weight excluding hydrogens is 443 g/mol. The molecule has 0 spiro atoms. The third kappa shape index (κ3) is 5.03. The number of thioether (sulfide) groups is 1. The lowest BCUT2D eigenvalue weighted by Gasteiger charge is -2.14. The van der Waals surface area contributed by atoms with Crippen LogP contribution in [0.1, 0.15) is 18.1 Å². The number of nitriles is 1. The van der Waals surface area contributed by atoms with Gasteiger partial charge in [0.05, 0.1) is 10.9 Å². The summed E-state index contributed by atoms with van der Waals surface area (Å²) in [4.78, 5) is 32.0. The van der Waals surface area contributed by atoms with Crippen LogP contribution in [0, 0.1) is 18.3 Å². The molecule has 0 radical (unpaired) electrons. The molecular formula is C21H16Cl2N4O2S. The molecule has 1 amide bonds. The number of H-pyrrole nitrogens is 1. The van der Waals surface area contributed by atoms with Gasteiger partial charge in [-0.25, -0.2) is 4.98 Å². The monoisotopic (exact) mass is 458 g/mol. The molecule has 3 rings (SSSR count). The molecule has 0 aliphatic heterocycles.